The van der Waals surface area contributed by atoms with Gasteiger partial charge in [-0.25, -0.2) is 4.79 Å². The quantitative estimate of drug-likeness (QED) is 0.256. The molecule has 5 heteroatoms. The molecule has 0 radical (unpaired) electrons. The molecule has 0 fully saturated rings. The number of nitrogens with two attached hydrogens (primary N) is 1. The maximum atomic E-state index is 11.0. The summed E-state index contributed by atoms with van der Waals surface area (Å²) in [4.78, 5) is 15.5. The van der Waals surface area contributed by atoms with Crippen molar-refractivity contribution < 1.29 is 9.90 Å². The highest BCUT2D eigenvalue weighted by Crippen LogP contribution is 2.41. The summed E-state index contributed by atoms with van der Waals surface area (Å²) in [5.41, 5.74) is 13.3. The molecule has 0 atom stereocenters. The van der Waals surface area contributed by atoms with Gasteiger partial charge in [0.15, 0.2) is 0 Å². The normalized spacial score (nSPS) is 12.5. The van der Waals surface area contributed by atoms with Gasteiger partial charge >= 0.3 is 5.97 Å². The van der Waals surface area contributed by atoms with Crippen LogP contribution < -0.4 is 10.6 Å². The number of carbonyl (C=O) groups is 1. The molecule has 1 aliphatic rings. The second-order valence-electron chi connectivity index (χ2n) is 8.69. The largest absolute Gasteiger partial charge is 0.477 e. The smallest absolute Gasteiger partial charge is 0.351 e. The number of benzene rings is 2. The first-order valence-electron chi connectivity index (χ1n) is 11.8. The first-order valence-corrected chi connectivity index (χ1v) is 12.6. The van der Waals surface area contributed by atoms with Crippen molar-refractivity contribution in [1.82, 2.24) is 0 Å². The van der Waals surface area contributed by atoms with Crippen molar-refractivity contribution in [3.8, 4) is 21.6 Å². The maximum Gasteiger partial charge on any atom is 0.351 e. The van der Waals surface area contributed by atoms with Gasteiger partial charge < -0.3 is 15.7 Å². The Morgan fingerprint density at radius 3 is 2.33 bits per heavy atom. The lowest BCUT2D eigenvalue weighted by atomic mass is 10.0. The molecule has 0 saturated heterocycles. The molecule has 0 spiro atoms. The van der Waals surface area contributed by atoms with Gasteiger partial charge in [0.25, 0.3) is 0 Å². The molecule has 1 aliphatic carbocycles. The van der Waals surface area contributed by atoms with E-state index in [0.29, 0.717) is 0 Å². The molecule has 172 valence electrons. The zero-order valence-corrected chi connectivity index (χ0v) is 20.3. The van der Waals surface area contributed by atoms with Gasteiger partial charge in [-0.1, -0.05) is 44.9 Å². The number of unbranched alkanes of at least 4 members (excludes halogenated alkanes) is 2. The summed E-state index contributed by atoms with van der Waals surface area (Å²) in [6.07, 6.45) is 7.34. The minimum absolute atomic E-state index is 0.143. The first kappa shape index (κ1) is 23.1. The van der Waals surface area contributed by atoms with E-state index in [1.54, 1.807) is 11.3 Å². The van der Waals surface area contributed by atoms with Crippen molar-refractivity contribution in [2.75, 3.05) is 18.0 Å². The van der Waals surface area contributed by atoms with Crippen LogP contribution in [0.2, 0.25) is 0 Å². The number of carboxylic acids is 1. The summed E-state index contributed by atoms with van der Waals surface area (Å²) in [5.74, 6) is -1.09. The topological polar surface area (TPSA) is 66.6 Å². The minimum atomic E-state index is -1.09. The number of anilines is 1. The molecule has 2 aromatic carbocycles. The minimum Gasteiger partial charge on any atom is -0.477 e. The van der Waals surface area contributed by atoms with Crippen LogP contribution >= 0.6 is 11.3 Å². The Labute approximate surface area is 200 Å². The third-order valence-corrected chi connectivity index (χ3v) is 7.33. The predicted octanol–water partition coefficient (Wildman–Crippen LogP) is 6.78. The molecule has 33 heavy (non-hydrogen) atoms. The summed E-state index contributed by atoms with van der Waals surface area (Å²) >= 11 is 1.56. The third-order valence-electron chi connectivity index (χ3n) is 6.25. The molecule has 0 amide bonds. The van der Waals surface area contributed by atoms with Crippen molar-refractivity contribution in [3.05, 3.63) is 70.2 Å². The van der Waals surface area contributed by atoms with Gasteiger partial charge in [-0.2, -0.15) is 0 Å². The van der Waals surface area contributed by atoms with Crippen molar-refractivity contribution in [3.63, 3.8) is 0 Å². The average molecular weight is 461 g/mol. The molecule has 0 unspecified atom stereocenters. The van der Waals surface area contributed by atoms with Gasteiger partial charge in [0, 0.05) is 28.5 Å². The van der Waals surface area contributed by atoms with Crippen molar-refractivity contribution in [1.29, 1.82) is 0 Å². The standard InChI is InChI=1S/C28H32N2O2S/c1-3-5-13-30(14-6-4-2)22-8-11-25-21(17-22)16-20-15-19(7-10-24(20)25)27-12-9-23(33-27)18-26(29)28(31)32/h7-12,15,17-18H,3-6,13-14,16,29H2,1-2H3,(H,31,32)/b26-18-. The highest BCUT2D eigenvalue weighted by molar-refractivity contribution is 7.16. The lowest BCUT2D eigenvalue weighted by Crippen LogP contribution is -2.25. The fourth-order valence-electron chi connectivity index (χ4n) is 4.42. The monoisotopic (exact) mass is 460 g/mol. The fraction of sp³-hybridized carbons (Fsp3) is 0.321. The number of hydrogen-bond acceptors (Lipinski definition) is 4. The molecule has 0 bridgehead atoms. The second kappa shape index (κ2) is 10.3. The molecular formula is C28H32N2O2S. The van der Waals surface area contributed by atoms with E-state index >= 15 is 0 Å². The van der Waals surface area contributed by atoms with Crippen molar-refractivity contribution in [2.24, 2.45) is 5.73 Å². The Balaban J connectivity index is 1.57. The average Bonchev–Trinajstić information content (AvgIpc) is 3.42. The Hall–Kier alpha value is -3.05. The second-order valence-corrected chi connectivity index (χ2v) is 9.81. The van der Waals surface area contributed by atoms with Crippen LogP contribution in [-0.4, -0.2) is 24.2 Å². The van der Waals surface area contributed by atoms with Crippen LogP contribution in [-0.2, 0) is 11.2 Å². The summed E-state index contributed by atoms with van der Waals surface area (Å²) < 4.78 is 0. The Kier molecular flexibility index (Phi) is 7.19. The number of rotatable bonds is 10. The first-order chi connectivity index (χ1) is 16.0. The van der Waals surface area contributed by atoms with Crippen LogP contribution in [0, 0.1) is 0 Å². The van der Waals surface area contributed by atoms with Gasteiger partial charge in [0.1, 0.15) is 5.70 Å². The van der Waals surface area contributed by atoms with E-state index < -0.39 is 5.97 Å². The van der Waals surface area contributed by atoms with Crippen LogP contribution in [0.4, 0.5) is 5.69 Å². The molecular weight excluding hydrogens is 428 g/mol. The van der Waals surface area contributed by atoms with Crippen LogP contribution in [0.1, 0.15) is 55.5 Å². The SMILES string of the molecule is CCCCN(CCCC)c1ccc2c(c1)Cc1cc(-c3ccc(/C=C(\N)C(=O)O)s3)ccc1-2. The highest BCUT2D eigenvalue weighted by atomic mass is 32.1. The number of fused-ring (bicyclic) bond motifs is 3. The Morgan fingerprint density at radius 1 is 1.00 bits per heavy atom. The molecule has 3 aromatic rings. The predicted molar refractivity (Wildman–Crippen MR) is 140 cm³/mol. The molecule has 3 N–H and O–H groups in total. The molecule has 1 heterocycles. The maximum absolute atomic E-state index is 11.0. The van der Waals surface area contributed by atoms with Gasteiger partial charge in [-0.05, 0) is 83.5 Å². The number of aliphatic carboxylic acids is 1. The van der Waals surface area contributed by atoms with E-state index in [9.17, 15) is 4.79 Å². The Morgan fingerprint density at radius 2 is 1.67 bits per heavy atom. The lowest BCUT2D eigenvalue weighted by molar-refractivity contribution is -0.132. The van der Waals surface area contributed by atoms with Crippen LogP contribution in [0.3, 0.4) is 0 Å². The van der Waals surface area contributed by atoms with Crippen LogP contribution in [0.25, 0.3) is 27.6 Å². The third kappa shape index (κ3) is 5.14. The van der Waals surface area contributed by atoms with Crippen molar-refractivity contribution in [2.45, 2.75) is 46.0 Å². The van der Waals surface area contributed by atoms with Gasteiger partial charge in [0.05, 0.1) is 0 Å². The van der Waals surface area contributed by atoms with Crippen LogP contribution in [0.5, 0.6) is 0 Å². The van der Waals surface area contributed by atoms with E-state index in [1.165, 1.54) is 59.7 Å². The number of thiophene rings is 1. The van der Waals surface area contributed by atoms with E-state index in [2.05, 4.69) is 55.1 Å². The molecule has 4 rings (SSSR count). The summed E-state index contributed by atoms with van der Waals surface area (Å²) in [5, 5.41) is 9.01. The number of nitrogens with zero attached hydrogens (tertiary/aromatic N) is 1. The number of carboxylic acid groups (broad SMARTS) is 1. The van der Waals surface area contributed by atoms with Crippen molar-refractivity contribution >= 4 is 29.1 Å². The summed E-state index contributed by atoms with van der Waals surface area (Å²) in [7, 11) is 0. The van der Waals surface area contributed by atoms with E-state index in [1.807, 2.05) is 12.1 Å². The van der Waals surface area contributed by atoms with E-state index in [0.717, 1.165) is 34.8 Å². The zero-order valence-electron chi connectivity index (χ0n) is 19.4. The number of hydrogen-bond donors (Lipinski definition) is 2. The van der Waals surface area contributed by atoms with Crippen LogP contribution in [0.15, 0.2) is 54.2 Å². The molecule has 4 nitrogen and oxygen atoms in total. The Bertz CT molecular complexity index is 1170. The molecule has 0 aliphatic heterocycles. The van der Waals surface area contributed by atoms with Gasteiger partial charge in [0.2, 0.25) is 0 Å². The fourth-order valence-corrected chi connectivity index (χ4v) is 5.37. The summed E-state index contributed by atoms with van der Waals surface area (Å²) in [6, 6.07) is 17.6. The zero-order chi connectivity index (χ0) is 23.4. The summed E-state index contributed by atoms with van der Waals surface area (Å²) in [6.45, 7) is 6.74. The highest BCUT2D eigenvalue weighted by Gasteiger charge is 2.20. The van der Waals surface area contributed by atoms with E-state index in [-0.39, 0.29) is 5.70 Å². The van der Waals surface area contributed by atoms with Gasteiger partial charge in [-0.3, -0.25) is 0 Å². The molecule has 0 saturated carbocycles. The molecule has 1 aromatic heterocycles. The van der Waals surface area contributed by atoms with Gasteiger partial charge in [-0.15, -0.1) is 11.3 Å². The van der Waals surface area contributed by atoms with E-state index in [4.69, 9.17) is 10.8 Å². The lowest BCUT2D eigenvalue weighted by Gasteiger charge is -2.25.